The molecule has 0 saturated carbocycles. The Balaban J connectivity index is 1.70. The minimum atomic E-state index is -0.368. The van der Waals surface area contributed by atoms with Crippen LogP contribution >= 0.6 is 11.3 Å². The van der Waals surface area contributed by atoms with Crippen LogP contribution in [0.3, 0.4) is 0 Å². The van der Waals surface area contributed by atoms with E-state index >= 15 is 0 Å². The maximum absolute atomic E-state index is 12.9. The molecule has 23 heavy (non-hydrogen) atoms. The lowest BCUT2D eigenvalue weighted by Gasteiger charge is -2.00. The average molecular weight is 322 g/mol. The van der Waals surface area contributed by atoms with Crippen LogP contribution in [0, 0.1) is 5.82 Å². The number of rotatable bonds is 2. The molecule has 0 aliphatic carbocycles. The molecule has 1 N–H and O–H groups in total. The number of anilines is 1. The summed E-state index contributed by atoms with van der Waals surface area (Å²) in [6.45, 7) is 0. The molecule has 3 aromatic carbocycles. The molecule has 4 rings (SSSR count). The third kappa shape index (κ3) is 2.55. The molecule has 112 valence electrons. The summed E-state index contributed by atoms with van der Waals surface area (Å²) in [6, 6.07) is 17.5. The lowest BCUT2D eigenvalue weighted by atomic mass is 10.1. The van der Waals surface area contributed by atoms with E-state index in [1.807, 2.05) is 36.4 Å². The van der Waals surface area contributed by atoms with Crippen molar-refractivity contribution in [3.63, 3.8) is 0 Å². The van der Waals surface area contributed by atoms with Crippen molar-refractivity contribution >= 4 is 43.4 Å². The van der Waals surface area contributed by atoms with Gasteiger partial charge in [-0.25, -0.2) is 9.37 Å². The summed E-state index contributed by atoms with van der Waals surface area (Å²) in [6.07, 6.45) is 0. The monoisotopic (exact) mass is 322 g/mol. The molecule has 0 saturated heterocycles. The van der Waals surface area contributed by atoms with Gasteiger partial charge in [-0.15, -0.1) is 0 Å². The Morgan fingerprint density at radius 1 is 1.00 bits per heavy atom. The fourth-order valence-electron chi connectivity index (χ4n) is 2.49. The molecule has 0 aliphatic heterocycles. The van der Waals surface area contributed by atoms with Crippen LogP contribution in [0.1, 0.15) is 10.4 Å². The van der Waals surface area contributed by atoms with Crippen molar-refractivity contribution in [1.82, 2.24) is 4.98 Å². The van der Waals surface area contributed by atoms with Gasteiger partial charge in [-0.2, -0.15) is 0 Å². The second-order valence-electron chi connectivity index (χ2n) is 5.11. The molecule has 0 fully saturated rings. The molecular formula is C18H11FN2OS. The zero-order valence-electron chi connectivity index (χ0n) is 11.9. The smallest absolute Gasteiger partial charge is 0.257 e. The van der Waals surface area contributed by atoms with E-state index in [-0.39, 0.29) is 11.7 Å². The normalized spacial score (nSPS) is 11.0. The van der Waals surface area contributed by atoms with Crippen LogP contribution in [-0.2, 0) is 0 Å². The van der Waals surface area contributed by atoms with Crippen LogP contribution in [0.25, 0.3) is 21.0 Å². The largest absolute Gasteiger partial charge is 0.298 e. The zero-order chi connectivity index (χ0) is 15.8. The minimum Gasteiger partial charge on any atom is -0.298 e. The van der Waals surface area contributed by atoms with Crippen LogP contribution in [0.15, 0.2) is 60.7 Å². The number of halogens is 1. The van der Waals surface area contributed by atoms with E-state index in [1.165, 1.54) is 35.6 Å². The predicted octanol–water partition coefficient (Wildman–Crippen LogP) is 4.84. The summed E-state index contributed by atoms with van der Waals surface area (Å²) in [5.41, 5.74) is 1.28. The van der Waals surface area contributed by atoms with Gasteiger partial charge in [0.2, 0.25) is 0 Å². The number of nitrogens with zero attached hydrogens (tertiary/aromatic N) is 1. The molecule has 0 bridgehead atoms. The highest BCUT2D eigenvalue weighted by Gasteiger charge is 2.11. The Kier molecular flexibility index (Phi) is 3.28. The van der Waals surface area contributed by atoms with E-state index in [1.54, 1.807) is 0 Å². The predicted molar refractivity (Wildman–Crippen MR) is 91.5 cm³/mol. The highest BCUT2D eigenvalue weighted by Crippen LogP contribution is 2.31. The first kappa shape index (κ1) is 13.8. The quantitative estimate of drug-likeness (QED) is 0.574. The van der Waals surface area contributed by atoms with Gasteiger partial charge in [0.25, 0.3) is 5.91 Å². The van der Waals surface area contributed by atoms with Crippen LogP contribution in [0.4, 0.5) is 9.52 Å². The van der Waals surface area contributed by atoms with Crippen molar-refractivity contribution in [2.45, 2.75) is 0 Å². The molecule has 4 aromatic rings. The first-order valence-electron chi connectivity index (χ1n) is 7.06. The number of amides is 1. The third-order valence-electron chi connectivity index (χ3n) is 3.61. The van der Waals surface area contributed by atoms with E-state index in [2.05, 4.69) is 10.3 Å². The molecule has 0 atom stereocenters. The molecule has 0 unspecified atom stereocenters. The second kappa shape index (κ2) is 5.44. The molecule has 1 aromatic heterocycles. The van der Waals surface area contributed by atoms with Gasteiger partial charge in [0.05, 0.1) is 10.2 Å². The van der Waals surface area contributed by atoms with Crippen LogP contribution in [-0.4, -0.2) is 10.9 Å². The fraction of sp³-hybridized carbons (Fsp3) is 0. The van der Waals surface area contributed by atoms with Crippen molar-refractivity contribution < 1.29 is 9.18 Å². The molecule has 0 radical (unpaired) electrons. The van der Waals surface area contributed by atoms with Crippen LogP contribution < -0.4 is 5.32 Å². The number of thiazole rings is 1. The molecular weight excluding hydrogens is 311 g/mol. The highest BCUT2D eigenvalue weighted by molar-refractivity contribution is 7.22. The van der Waals surface area contributed by atoms with Gasteiger partial charge in [-0.05, 0) is 35.7 Å². The Bertz CT molecular complexity index is 1020. The molecule has 5 heteroatoms. The Morgan fingerprint density at radius 3 is 2.61 bits per heavy atom. The summed E-state index contributed by atoms with van der Waals surface area (Å²) in [5, 5.41) is 5.48. The van der Waals surface area contributed by atoms with Gasteiger partial charge in [0, 0.05) is 10.9 Å². The summed E-state index contributed by atoms with van der Waals surface area (Å²) >= 11 is 1.42. The fourth-order valence-corrected chi connectivity index (χ4v) is 3.36. The number of carbonyl (C=O) groups excluding carboxylic acids is 1. The van der Waals surface area contributed by atoms with Crippen molar-refractivity contribution in [2.75, 3.05) is 5.32 Å². The van der Waals surface area contributed by atoms with Crippen molar-refractivity contribution in [3.05, 3.63) is 72.0 Å². The number of aromatic nitrogens is 1. The van der Waals surface area contributed by atoms with E-state index in [4.69, 9.17) is 0 Å². The molecule has 3 nitrogen and oxygen atoms in total. The standard InChI is InChI=1S/C18H11FN2OS/c19-13-8-5-12(6-9-13)17(22)21-18-20-16-14-4-2-1-3-11(14)7-10-15(16)23-18/h1-10H,(H,20,21,22). The van der Waals surface area contributed by atoms with Gasteiger partial charge in [-0.3, -0.25) is 10.1 Å². The summed E-state index contributed by atoms with van der Waals surface area (Å²) < 4.78 is 13.9. The average Bonchev–Trinajstić information content (AvgIpc) is 2.98. The van der Waals surface area contributed by atoms with Crippen molar-refractivity contribution in [1.29, 1.82) is 0 Å². The van der Waals surface area contributed by atoms with Crippen molar-refractivity contribution in [2.24, 2.45) is 0 Å². The van der Waals surface area contributed by atoms with Gasteiger partial charge in [0.1, 0.15) is 5.82 Å². The van der Waals surface area contributed by atoms with E-state index in [0.717, 1.165) is 21.0 Å². The van der Waals surface area contributed by atoms with Gasteiger partial charge in [0.15, 0.2) is 5.13 Å². The number of benzene rings is 3. The highest BCUT2D eigenvalue weighted by atomic mass is 32.1. The van der Waals surface area contributed by atoms with Crippen LogP contribution in [0.5, 0.6) is 0 Å². The van der Waals surface area contributed by atoms with E-state index in [9.17, 15) is 9.18 Å². The molecule has 1 heterocycles. The minimum absolute atomic E-state index is 0.298. The number of hydrogen-bond donors (Lipinski definition) is 1. The zero-order valence-corrected chi connectivity index (χ0v) is 12.7. The topological polar surface area (TPSA) is 42.0 Å². The number of carbonyl (C=O) groups is 1. The SMILES string of the molecule is O=C(Nc1nc2c(ccc3ccccc32)s1)c1ccc(F)cc1. The maximum atomic E-state index is 12.9. The Morgan fingerprint density at radius 2 is 1.78 bits per heavy atom. The van der Waals surface area contributed by atoms with Gasteiger partial charge in [-0.1, -0.05) is 41.7 Å². The first-order chi connectivity index (χ1) is 11.2. The van der Waals surface area contributed by atoms with Gasteiger partial charge >= 0.3 is 0 Å². The molecule has 1 amide bonds. The van der Waals surface area contributed by atoms with Crippen LogP contribution in [0.2, 0.25) is 0 Å². The number of hydrogen-bond acceptors (Lipinski definition) is 3. The molecule has 0 spiro atoms. The number of fused-ring (bicyclic) bond motifs is 3. The Labute approximate surface area is 135 Å². The number of nitrogens with one attached hydrogen (secondary N) is 1. The van der Waals surface area contributed by atoms with Gasteiger partial charge < -0.3 is 0 Å². The Hall–Kier alpha value is -2.79. The van der Waals surface area contributed by atoms with Crippen molar-refractivity contribution in [3.8, 4) is 0 Å². The lowest BCUT2D eigenvalue weighted by molar-refractivity contribution is 0.102. The summed E-state index contributed by atoms with van der Waals surface area (Å²) in [4.78, 5) is 16.7. The first-order valence-corrected chi connectivity index (χ1v) is 7.87. The van der Waals surface area contributed by atoms with E-state index in [0.29, 0.717) is 10.7 Å². The summed E-state index contributed by atoms with van der Waals surface area (Å²) in [5.74, 6) is -0.665. The lowest BCUT2D eigenvalue weighted by Crippen LogP contribution is -2.11. The third-order valence-corrected chi connectivity index (χ3v) is 4.55. The van der Waals surface area contributed by atoms with E-state index < -0.39 is 0 Å². The summed E-state index contributed by atoms with van der Waals surface area (Å²) in [7, 11) is 0. The maximum Gasteiger partial charge on any atom is 0.257 e. The second-order valence-corrected chi connectivity index (χ2v) is 6.14. The molecule has 0 aliphatic rings.